The zero-order chi connectivity index (χ0) is 12.3. The molecule has 2 aromatic rings. The van der Waals surface area contributed by atoms with Crippen LogP contribution in [-0.2, 0) is 0 Å². The molecule has 0 saturated heterocycles. The van der Waals surface area contributed by atoms with Gasteiger partial charge in [0.1, 0.15) is 5.75 Å². The first-order valence-corrected chi connectivity index (χ1v) is 5.42. The summed E-state index contributed by atoms with van der Waals surface area (Å²) in [6.45, 7) is 3.78. The standard InChI is InChI=1S/C14H14N2O/c1-10-8-14(17)11(2)7-13(10)16-9-12-5-3-4-6-15-12/h3-9,17H,1-2H3. The summed E-state index contributed by atoms with van der Waals surface area (Å²) in [5.41, 5.74) is 3.44. The number of phenolic OH excluding ortho intramolecular Hbond substituents is 1. The quantitative estimate of drug-likeness (QED) is 0.799. The minimum absolute atomic E-state index is 0.305. The van der Waals surface area contributed by atoms with E-state index < -0.39 is 0 Å². The Morgan fingerprint density at radius 1 is 1.18 bits per heavy atom. The van der Waals surface area contributed by atoms with Crippen molar-refractivity contribution in [2.75, 3.05) is 0 Å². The minimum atomic E-state index is 0.305. The minimum Gasteiger partial charge on any atom is -0.508 e. The van der Waals surface area contributed by atoms with E-state index >= 15 is 0 Å². The lowest BCUT2D eigenvalue weighted by Crippen LogP contribution is -1.85. The smallest absolute Gasteiger partial charge is 0.118 e. The second-order valence-electron chi connectivity index (χ2n) is 3.94. The van der Waals surface area contributed by atoms with Crippen LogP contribution >= 0.6 is 0 Å². The van der Waals surface area contributed by atoms with Gasteiger partial charge in [0, 0.05) is 6.20 Å². The highest BCUT2D eigenvalue weighted by atomic mass is 16.3. The predicted octanol–water partition coefficient (Wildman–Crippen LogP) is 3.15. The first kappa shape index (κ1) is 11.3. The van der Waals surface area contributed by atoms with Gasteiger partial charge in [-0.25, -0.2) is 0 Å². The van der Waals surface area contributed by atoms with E-state index in [1.807, 2.05) is 38.1 Å². The van der Waals surface area contributed by atoms with Crippen LogP contribution in [0.5, 0.6) is 5.75 Å². The maximum Gasteiger partial charge on any atom is 0.118 e. The van der Waals surface area contributed by atoms with Gasteiger partial charge in [-0.05, 0) is 49.2 Å². The SMILES string of the molecule is Cc1cc(N=Cc2ccccn2)c(C)cc1O. The summed E-state index contributed by atoms with van der Waals surface area (Å²) < 4.78 is 0. The van der Waals surface area contributed by atoms with E-state index in [4.69, 9.17) is 0 Å². The van der Waals surface area contributed by atoms with Crippen molar-refractivity contribution in [3.8, 4) is 5.75 Å². The fourth-order valence-electron chi connectivity index (χ4n) is 1.51. The molecule has 3 nitrogen and oxygen atoms in total. The highest BCUT2D eigenvalue weighted by molar-refractivity contribution is 5.80. The van der Waals surface area contributed by atoms with Gasteiger partial charge in [-0.3, -0.25) is 9.98 Å². The number of aliphatic imine (C=N–C) groups is 1. The summed E-state index contributed by atoms with van der Waals surface area (Å²) in [5.74, 6) is 0.305. The monoisotopic (exact) mass is 226 g/mol. The molecular weight excluding hydrogens is 212 g/mol. The zero-order valence-corrected chi connectivity index (χ0v) is 9.88. The molecule has 0 atom stereocenters. The van der Waals surface area contributed by atoms with Crippen LogP contribution in [-0.4, -0.2) is 16.3 Å². The number of benzene rings is 1. The van der Waals surface area contributed by atoms with Crippen molar-refractivity contribution in [2.24, 2.45) is 4.99 Å². The maximum absolute atomic E-state index is 9.55. The first-order chi connectivity index (χ1) is 8.16. The van der Waals surface area contributed by atoms with Gasteiger partial charge in [0.2, 0.25) is 0 Å². The molecule has 0 saturated carbocycles. The van der Waals surface area contributed by atoms with Gasteiger partial charge < -0.3 is 5.11 Å². The Morgan fingerprint density at radius 2 is 2.00 bits per heavy atom. The second kappa shape index (κ2) is 4.78. The predicted molar refractivity (Wildman–Crippen MR) is 69.1 cm³/mol. The van der Waals surface area contributed by atoms with Crippen molar-refractivity contribution in [3.05, 3.63) is 53.3 Å². The van der Waals surface area contributed by atoms with Crippen molar-refractivity contribution in [1.29, 1.82) is 0 Å². The molecule has 0 spiro atoms. The lowest BCUT2D eigenvalue weighted by molar-refractivity contribution is 0.471. The molecule has 0 bridgehead atoms. The molecule has 1 aromatic heterocycles. The van der Waals surface area contributed by atoms with E-state index in [9.17, 15) is 5.11 Å². The summed E-state index contributed by atoms with van der Waals surface area (Å²) in [6, 6.07) is 9.27. The van der Waals surface area contributed by atoms with Crippen LogP contribution in [0.1, 0.15) is 16.8 Å². The molecule has 1 aromatic carbocycles. The largest absolute Gasteiger partial charge is 0.508 e. The lowest BCUT2D eigenvalue weighted by Gasteiger charge is -2.04. The van der Waals surface area contributed by atoms with Crippen molar-refractivity contribution in [1.82, 2.24) is 4.98 Å². The highest BCUT2D eigenvalue weighted by Crippen LogP contribution is 2.26. The molecule has 17 heavy (non-hydrogen) atoms. The molecule has 2 rings (SSSR count). The molecule has 1 N–H and O–H groups in total. The van der Waals surface area contributed by atoms with Gasteiger partial charge in [-0.1, -0.05) is 6.07 Å². The number of pyridine rings is 1. The average molecular weight is 226 g/mol. The number of aromatic hydroxyl groups is 1. The van der Waals surface area contributed by atoms with Crippen molar-refractivity contribution in [2.45, 2.75) is 13.8 Å². The molecule has 0 fully saturated rings. The lowest BCUT2D eigenvalue weighted by atomic mass is 10.1. The number of aromatic nitrogens is 1. The molecule has 0 unspecified atom stereocenters. The number of phenols is 1. The number of aryl methyl sites for hydroxylation is 2. The zero-order valence-electron chi connectivity index (χ0n) is 9.88. The maximum atomic E-state index is 9.55. The molecule has 0 radical (unpaired) electrons. The summed E-state index contributed by atoms with van der Waals surface area (Å²) in [7, 11) is 0. The fraction of sp³-hybridized carbons (Fsp3) is 0.143. The van der Waals surface area contributed by atoms with E-state index in [1.54, 1.807) is 18.5 Å². The second-order valence-corrected chi connectivity index (χ2v) is 3.94. The van der Waals surface area contributed by atoms with Gasteiger partial charge in [-0.2, -0.15) is 0 Å². The third-order valence-electron chi connectivity index (χ3n) is 2.54. The molecule has 0 aliphatic heterocycles. The van der Waals surface area contributed by atoms with E-state index in [0.29, 0.717) is 5.75 Å². The molecular formula is C14H14N2O. The van der Waals surface area contributed by atoms with Gasteiger partial charge >= 0.3 is 0 Å². The molecule has 0 aliphatic carbocycles. The van der Waals surface area contributed by atoms with Crippen LogP contribution < -0.4 is 0 Å². The Hall–Kier alpha value is -2.16. The van der Waals surface area contributed by atoms with E-state index in [1.165, 1.54) is 0 Å². The third kappa shape index (κ3) is 2.69. The number of rotatable bonds is 2. The Kier molecular flexibility index (Phi) is 3.19. The number of hydrogen-bond donors (Lipinski definition) is 1. The van der Waals surface area contributed by atoms with Gasteiger partial charge in [0.05, 0.1) is 17.6 Å². The average Bonchev–Trinajstić information content (AvgIpc) is 2.33. The van der Waals surface area contributed by atoms with E-state index in [2.05, 4.69) is 9.98 Å². The third-order valence-corrected chi connectivity index (χ3v) is 2.54. The first-order valence-electron chi connectivity index (χ1n) is 5.42. The molecule has 86 valence electrons. The van der Waals surface area contributed by atoms with Crippen molar-refractivity contribution >= 4 is 11.9 Å². The fourth-order valence-corrected chi connectivity index (χ4v) is 1.51. The van der Waals surface area contributed by atoms with Crippen LogP contribution in [0.4, 0.5) is 5.69 Å². The highest BCUT2D eigenvalue weighted by Gasteiger charge is 2.01. The van der Waals surface area contributed by atoms with Crippen LogP contribution in [0.25, 0.3) is 0 Å². The van der Waals surface area contributed by atoms with Crippen LogP contribution in [0.15, 0.2) is 41.5 Å². The Bertz CT molecular complexity index is 548. The Balaban J connectivity index is 2.31. The molecule has 0 amide bonds. The van der Waals surface area contributed by atoms with Gasteiger partial charge in [0.25, 0.3) is 0 Å². The topological polar surface area (TPSA) is 45.5 Å². The van der Waals surface area contributed by atoms with Crippen molar-refractivity contribution < 1.29 is 5.11 Å². The molecule has 0 aliphatic rings. The molecule has 1 heterocycles. The molecule has 3 heteroatoms. The summed E-state index contributed by atoms with van der Waals surface area (Å²) >= 11 is 0. The van der Waals surface area contributed by atoms with Crippen LogP contribution in [0.3, 0.4) is 0 Å². The number of hydrogen-bond acceptors (Lipinski definition) is 3. The summed E-state index contributed by atoms with van der Waals surface area (Å²) in [5, 5.41) is 9.55. The van der Waals surface area contributed by atoms with Crippen LogP contribution in [0, 0.1) is 13.8 Å². The van der Waals surface area contributed by atoms with Gasteiger partial charge in [-0.15, -0.1) is 0 Å². The van der Waals surface area contributed by atoms with Crippen LogP contribution in [0.2, 0.25) is 0 Å². The number of nitrogens with zero attached hydrogens (tertiary/aromatic N) is 2. The summed E-state index contributed by atoms with van der Waals surface area (Å²) in [6.07, 6.45) is 3.45. The summed E-state index contributed by atoms with van der Waals surface area (Å²) in [4.78, 5) is 8.54. The Labute approximate surface area is 100 Å². The van der Waals surface area contributed by atoms with E-state index in [-0.39, 0.29) is 0 Å². The normalized spacial score (nSPS) is 10.9. The van der Waals surface area contributed by atoms with E-state index in [0.717, 1.165) is 22.5 Å². The van der Waals surface area contributed by atoms with Gasteiger partial charge in [0.15, 0.2) is 0 Å². The van der Waals surface area contributed by atoms with Crippen molar-refractivity contribution in [3.63, 3.8) is 0 Å². The Morgan fingerprint density at radius 3 is 2.71 bits per heavy atom.